The van der Waals surface area contributed by atoms with Crippen LogP contribution in [0.25, 0.3) is 0 Å². The van der Waals surface area contributed by atoms with Crippen molar-refractivity contribution in [3.8, 4) is 0 Å². The standard InChI is InChI=1S/C12H13F3N2O3S/c1-11(2)5-9(17-20-11)10(21(18)19)7-6-16-4-3-8(7)12(13,14)15/h3-4,6,10H,5H2,1-2H3,(H,18,19)/p-1. The summed E-state index contributed by atoms with van der Waals surface area (Å²) in [4.78, 5) is 8.64. The van der Waals surface area contributed by atoms with E-state index in [1.165, 1.54) is 0 Å². The fourth-order valence-electron chi connectivity index (χ4n) is 2.09. The zero-order valence-corrected chi connectivity index (χ0v) is 12.0. The Bertz CT molecular complexity index is 602. The van der Waals surface area contributed by atoms with Crippen LogP contribution in [-0.2, 0) is 22.1 Å². The molecule has 0 saturated carbocycles. The summed E-state index contributed by atoms with van der Waals surface area (Å²) in [5.74, 6) is 0. The molecule has 2 rings (SSSR count). The molecule has 0 amide bonds. The van der Waals surface area contributed by atoms with Gasteiger partial charge in [-0.05, 0) is 31.0 Å². The zero-order chi connectivity index (χ0) is 15.8. The van der Waals surface area contributed by atoms with Gasteiger partial charge in [0.2, 0.25) is 0 Å². The molecule has 9 heteroatoms. The average molecular weight is 321 g/mol. The van der Waals surface area contributed by atoms with Crippen LogP contribution in [0.3, 0.4) is 0 Å². The van der Waals surface area contributed by atoms with E-state index in [1.807, 2.05) is 0 Å². The summed E-state index contributed by atoms with van der Waals surface area (Å²) in [5.41, 5.74) is -2.20. The molecule has 2 heterocycles. The third-order valence-corrected chi connectivity index (χ3v) is 3.86. The Kier molecular flexibility index (Phi) is 4.07. The van der Waals surface area contributed by atoms with Gasteiger partial charge in [-0.3, -0.25) is 9.19 Å². The molecule has 1 aromatic rings. The SMILES string of the molecule is CC1(C)CC(C(c2cnccc2C(F)(F)F)S(=O)[O-])=NO1. The molecule has 116 valence electrons. The van der Waals surface area contributed by atoms with Crippen LogP contribution in [0.15, 0.2) is 23.6 Å². The number of pyridine rings is 1. The maximum atomic E-state index is 13.0. The molecule has 0 saturated heterocycles. The summed E-state index contributed by atoms with van der Waals surface area (Å²) in [5, 5.41) is 2.11. The maximum Gasteiger partial charge on any atom is 0.416 e. The van der Waals surface area contributed by atoms with E-state index in [0.717, 1.165) is 18.5 Å². The number of oxime groups is 1. The van der Waals surface area contributed by atoms with Crippen molar-refractivity contribution in [1.82, 2.24) is 4.98 Å². The lowest BCUT2D eigenvalue weighted by molar-refractivity contribution is -0.138. The second-order valence-electron chi connectivity index (χ2n) is 5.21. The Balaban J connectivity index is 2.49. The third kappa shape index (κ3) is 3.41. The minimum Gasteiger partial charge on any atom is -0.772 e. The van der Waals surface area contributed by atoms with Crippen LogP contribution in [0.2, 0.25) is 0 Å². The molecule has 2 atom stereocenters. The van der Waals surface area contributed by atoms with Crippen molar-refractivity contribution in [2.24, 2.45) is 5.16 Å². The number of aromatic nitrogens is 1. The van der Waals surface area contributed by atoms with E-state index >= 15 is 0 Å². The summed E-state index contributed by atoms with van der Waals surface area (Å²) in [6, 6.07) is 0.747. The fourth-order valence-corrected chi connectivity index (χ4v) is 2.84. The van der Waals surface area contributed by atoms with Crippen molar-refractivity contribution < 1.29 is 26.8 Å². The molecule has 0 aromatic carbocycles. The second kappa shape index (κ2) is 5.38. The zero-order valence-electron chi connectivity index (χ0n) is 11.2. The van der Waals surface area contributed by atoms with Gasteiger partial charge in [0.05, 0.1) is 16.5 Å². The number of alkyl halides is 3. The number of halogens is 3. The van der Waals surface area contributed by atoms with E-state index in [9.17, 15) is 21.9 Å². The van der Waals surface area contributed by atoms with E-state index in [-0.39, 0.29) is 12.1 Å². The molecule has 1 aliphatic heterocycles. The molecule has 21 heavy (non-hydrogen) atoms. The monoisotopic (exact) mass is 321 g/mol. The van der Waals surface area contributed by atoms with Crippen LogP contribution >= 0.6 is 0 Å². The van der Waals surface area contributed by atoms with Gasteiger partial charge in [0, 0.05) is 24.4 Å². The van der Waals surface area contributed by atoms with Crippen molar-refractivity contribution in [1.29, 1.82) is 0 Å². The highest BCUT2D eigenvalue weighted by Gasteiger charge is 2.40. The van der Waals surface area contributed by atoms with Gasteiger partial charge in [0.15, 0.2) is 0 Å². The summed E-state index contributed by atoms with van der Waals surface area (Å²) >= 11 is -2.82. The summed E-state index contributed by atoms with van der Waals surface area (Å²) in [7, 11) is 0. The van der Waals surface area contributed by atoms with Crippen LogP contribution < -0.4 is 0 Å². The molecule has 0 N–H and O–H groups in total. The van der Waals surface area contributed by atoms with Crippen molar-refractivity contribution in [3.63, 3.8) is 0 Å². The van der Waals surface area contributed by atoms with Crippen LogP contribution in [-0.4, -0.2) is 25.1 Å². The molecule has 0 bridgehead atoms. The first-order chi connectivity index (χ1) is 9.62. The van der Waals surface area contributed by atoms with Gasteiger partial charge >= 0.3 is 6.18 Å². The molecule has 0 aliphatic carbocycles. The van der Waals surface area contributed by atoms with Gasteiger partial charge in [-0.2, -0.15) is 13.2 Å². The second-order valence-corrected chi connectivity index (χ2v) is 6.20. The summed E-state index contributed by atoms with van der Waals surface area (Å²) in [6.45, 7) is 3.34. The van der Waals surface area contributed by atoms with E-state index in [1.54, 1.807) is 13.8 Å². The molecule has 5 nitrogen and oxygen atoms in total. The Labute approximate surface area is 121 Å². The van der Waals surface area contributed by atoms with Gasteiger partial charge in [-0.1, -0.05) is 5.16 Å². The Morgan fingerprint density at radius 2 is 2.14 bits per heavy atom. The minimum atomic E-state index is -4.68. The number of nitrogens with zero attached hydrogens (tertiary/aromatic N) is 2. The molecule has 2 unspecified atom stereocenters. The lowest BCUT2D eigenvalue weighted by Crippen LogP contribution is -2.25. The quantitative estimate of drug-likeness (QED) is 0.802. The van der Waals surface area contributed by atoms with Gasteiger partial charge < -0.3 is 9.39 Å². The molecule has 0 spiro atoms. The highest BCUT2D eigenvalue weighted by molar-refractivity contribution is 7.80. The first-order valence-corrected chi connectivity index (χ1v) is 7.10. The molecular weight excluding hydrogens is 309 g/mol. The molecule has 0 fully saturated rings. The highest BCUT2D eigenvalue weighted by atomic mass is 32.2. The third-order valence-electron chi connectivity index (χ3n) is 2.95. The Morgan fingerprint density at radius 3 is 2.62 bits per heavy atom. The number of hydrogen-bond acceptors (Lipinski definition) is 5. The van der Waals surface area contributed by atoms with E-state index in [4.69, 9.17) is 4.84 Å². The molecule has 0 radical (unpaired) electrons. The highest BCUT2D eigenvalue weighted by Crippen LogP contribution is 2.38. The van der Waals surface area contributed by atoms with Gasteiger partial charge in [-0.25, -0.2) is 0 Å². The average Bonchev–Trinajstić information content (AvgIpc) is 2.68. The van der Waals surface area contributed by atoms with Crippen molar-refractivity contribution >= 4 is 16.8 Å². The summed E-state index contributed by atoms with van der Waals surface area (Å²) < 4.78 is 61.9. The maximum absolute atomic E-state index is 13.0. The minimum absolute atomic E-state index is 0.0341. The topological polar surface area (TPSA) is 74.6 Å². The number of rotatable bonds is 3. The van der Waals surface area contributed by atoms with E-state index < -0.39 is 39.2 Å². The molecular formula is C12H12F3N2O3S-. The first kappa shape index (κ1) is 15.9. The van der Waals surface area contributed by atoms with Crippen LogP contribution in [0, 0.1) is 0 Å². The predicted molar refractivity (Wildman–Crippen MR) is 68.1 cm³/mol. The fraction of sp³-hybridized carbons (Fsp3) is 0.500. The van der Waals surface area contributed by atoms with Crippen LogP contribution in [0.4, 0.5) is 13.2 Å². The van der Waals surface area contributed by atoms with Crippen LogP contribution in [0.5, 0.6) is 0 Å². The lowest BCUT2D eigenvalue weighted by Gasteiger charge is -2.23. The smallest absolute Gasteiger partial charge is 0.416 e. The van der Waals surface area contributed by atoms with E-state index in [0.29, 0.717) is 0 Å². The van der Waals surface area contributed by atoms with Crippen molar-refractivity contribution in [2.45, 2.75) is 37.3 Å². The van der Waals surface area contributed by atoms with Gasteiger partial charge in [-0.15, -0.1) is 0 Å². The van der Waals surface area contributed by atoms with E-state index in [2.05, 4.69) is 10.1 Å². The van der Waals surface area contributed by atoms with Gasteiger partial charge in [0.1, 0.15) is 5.60 Å². The predicted octanol–water partition coefficient (Wildman–Crippen LogP) is 2.58. The Morgan fingerprint density at radius 1 is 1.48 bits per heavy atom. The summed E-state index contributed by atoms with van der Waals surface area (Å²) in [6.07, 6.45) is -2.69. The van der Waals surface area contributed by atoms with Gasteiger partial charge in [0.25, 0.3) is 0 Å². The Hall–Kier alpha value is -1.48. The van der Waals surface area contributed by atoms with Crippen molar-refractivity contribution in [2.75, 3.05) is 0 Å². The largest absolute Gasteiger partial charge is 0.772 e. The lowest BCUT2D eigenvalue weighted by atomic mass is 9.96. The normalized spacial score (nSPS) is 20.6. The van der Waals surface area contributed by atoms with Crippen molar-refractivity contribution in [3.05, 3.63) is 29.6 Å². The van der Waals surface area contributed by atoms with Crippen LogP contribution in [0.1, 0.15) is 36.6 Å². The molecule has 1 aliphatic rings. The first-order valence-electron chi connectivity index (χ1n) is 5.96. The number of hydrogen-bond donors (Lipinski definition) is 0. The molecule has 1 aromatic heterocycles.